The monoisotopic (exact) mass is 717 g/mol. The second-order valence-electron chi connectivity index (χ2n) is 13.6. The van der Waals surface area contributed by atoms with Crippen molar-refractivity contribution in [3.63, 3.8) is 0 Å². The van der Waals surface area contributed by atoms with Gasteiger partial charge < -0.3 is 24.1 Å². The normalized spacial score (nSPS) is 27.9. The van der Waals surface area contributed by atoms with E-state index in [9.17, 15) is 24.0 Å². The van der Waals surface area contributed by atoms with Crippen molar-refractivity contribution in [3.8, 4) is 11.5 Å². The summed E-state index contributed by atoms with van der Waals surface area (Å²) in [6, 6.07) is 12.2. The molecule has 8 rings (SSSR count). The van der Waals surface area contributed by atoms with Gasteiger partial charge in [0.05, 0.1) is 41.3 Å². The number of nitrogens with zero attached hydrogens (tertiary/aromatic N) is 2. The number of H-pyrrole nitrogens is 1. The second kappa shape index (κ2) is 13.2. The number of aromatic nitrogens is 1. The highest BCUT2D eigenvalue weighted by Crippen LogP contribution is 2.68. The molecule has 262 valence electrons. The summed E-state index contributed by atoms with van der Waals surface area (Å²) in [7, 11) is 0. The Labute approximate surface area is 297 Å². The first kappa shape index (κ1) is 33.1. The number of hydrogen-bond donors (Lipinski definition) is 1. The van der Waals surface area contributed by atoms with Crippen LogP contribution in [0.3, 0.4) is 0 Å². The van der Waals surface area contributed by atoms with Crippen molar-refractivity contribution in [1.29, 1.82) is 0 Å². The summed E-state index contributed by atoms with van der Waals surface area (Å²) in [6.07, 6.45) is 3.91. The van der Waals surface area contributed by atoms with Crippen LogP contribution < -0.4 is 19.2 Å². The Morgan fingerprint density at radius 3 is 2.34 bits per heavy atom. The van der Waals surface area contributed by atoms with Gasteiger partial charge in [0.15, 0.2) is 18.1 Å². The van der Waals surface area contributed by atoms with Crippen molar-refractivity contribution in [1.82, 2.24) is 9.88 Å². The zero-order chi connectivity index (χ0) is 34.7. The number of imide groups is 1. The maximum Gasteiger partial charge on any atom is 0.338 e. The van der Waals surface area contributed by atoms with Crippen LogP contribution in [-0.4, -0.2) is 71.7 Å². The molecule has 7 atom stereocenters. The number of thioether (sulfide) groups is 1. The first-order valence-corrected chi connectivity index (χ1v) is 19.2. The summed E-state index contributed by atoms with van der Waals surface area (Å²) in [5.41, 5.74) is 1.76. The fourth-order valence-electron chi connectivity index (χ4n) is 9.09. The molecular weight excluding hydrogens is 679 g/mol. The zero-order valence-electron chi connectivity index (χ0n) is 27.9. The molecule has 4 heterocycles. The Kier molecular flexibility index (Phi) is 8.74. The molecule has 3 aromatic rings. The Morgan fingerprint density at radius 1 is 0.880 bits per heavy atom. The van der Waals surface area contributed by atoms with E-state index in [1.165, 1.54) is 16.2 Å². The molecule has 50 heavy (non-hydrogen) atoms. The smallest absolute Gasteiger partial charge is 0.338 e. The third kappa shape index (κ3) is 5.44. The first-order chi connectivity index (χ1) is 24.3. The number of likely N-dealkylation sites (tertiary alicyclic amines) is 1. The summed E-state index contributed by atoms with van der Waals surface area (Å²) in [4.78, 5) is 73.1. The van der Waals surface area contributed by atoms with Gasteiger partial charge in [-0.15, -0.1) is 11.8 Å². The van der Waals surface area contributed by atoms with E-state index in [-0.39, 0.29) is 64.7 Å². The minimum Gasteiger partial charge on any atom is -0.490 e. The Bertz CT molecular complexity index is 1900. The SMILES string of the molecule is CCOC(=O)c1ccc(N2C(=O)C3C(C2=O)[C@@H]2C[C@H]3C3Sc4[nH]c(=O)sc4[C@H](c4ccc(OCC(=O)N5CCCCC5)c(OCC)c4)C32)cc1. The van der Waals surface area contributed by atoms with Gasteiger partial charge in [0.25, 0.3) is 5.91 Å². The molecule has 3 aliphatic heterocycles. The van der Waals surface area contributed by atoms with Gasteiger partial charge >= 0.3 is 10.8 Å². The lowest BCUT2D eigenvalue weighted by molar-refractivity contribution is -0.134. The molecule has 11 nitrogen and oxygen atoms in total. The number of benzene rings is 2. The van der Waals surface area contributed by atoms with E-state index in [1.807, 2.05) is 30.0 Å². The van der Waals surface area contributed by atoms with Gasteiger partial charge in [0.1, 0.15) is 0 Å². The van der Waals surface area contributed by atoms with E-state index < -0.39 is 17.8 Å². The molecule has 4 unspecified atom stereocenters. The molecule has 2 aliphatic carbocycles. The minimum atomic E-state index is -0.464. The summed E-state index contributed by atoms with van der Waals surface area (Å²) < 4.78 is 17.2. The third-order valence-corrected chi connectivity index (χ3v) is 13.6. The number of hydrogen-bond acceptors (Lipinski definition) is 10. The summed E-state index contributed by atoms with van der Waals surface area (Å²) in [5.74, 6) is -1.07. The van der Waals surface area contributed by atoms with Gasteiger partial charge in [-0.25, -0.2) is 4.79 Å². The molecule has 2 saturated heterocycles. The summed E-state index contributed by atoms with van der Waals surface area (Å²) in [5, 5.41) is 0.851. The number of amides is 3. The molecule has 0 spiro atoms. The predicted octanol–water partition coefficient (Wildman–Crippen LogP) is 5.08. The number of aromatic amines is 1. The molecule has 0 radical (unpaired) electrons. The molecule has 1 N–H and O–H groups in total. The van der Waals surface area contributed by atoms with Crippen molar-refractivity contribution in [3.05, 3.63) is 68.1 Å². The molecule has 5 aliphatic rings. The van der Waals surface area contributed by atoms with Crippen LogP contribution in [0.25, 0.3) is 0 Å². The van der Waals surface area contributed by atoms with Crippen LogP contribution in [0.1, 0.15) is 66.2 Å². The van der Waals surface area contributed by atoms with Gasteiger partial charge in [-0.3, -0.25) is 24.1 Å². The van der Waals surface area contributed by atoms with Gasteiger partial charge in [0, 0.05) is 29.1 Å². The molecule has 4 fully saturated rings. The number of carbonyl (C=O) groups is 4. The van der Waals surface area contributed by atoms with Gasteiger partial charge in [-0.2, -0.15) is 0 Å². The van der Waals surface area contributed by atoms with Crippen molar-refractivity contribution in [2.24, 2.45) is 29.6 Å². The highest BCUT2D eigenvalue weighted by molar-refractivity contribution is 8.00. The van der Waals surface area contributed by atoms with Crippen molar-refractivity contribution >= 4 is 52.5 Å². The molecule has 3 amide bonds. The van der Waals surface area contributed by atoms with Gasteiger partial charge in [-0.1, -0.05) is 17.4 Å². The van der Waals surface area contributed by atoms with Crippen molar-refractivity contribution in [2.75, 3.05) is 37.8 Å². The Hall–Kier alpha value is -4.10. The van der Waals surface area contributed by atoms with Crippen LogP contribution in [0.5, 0.6) is 11.5 Å². The fourth-order valence-corrected chi connectivity index (χ4v) is 12.0. The average Bonchev–Trinajstić information content (AvgIpc) is 3.87. The number of thiazole rings is 1. The number of piperidine rings is 1. The quantitative estimate of drug-likeness (QED) is 0.238. The fraction of sp³-hybridized carbons (Fsp3) is 0.486. The van der Waals surface area contributed by atoms with Crippen LogP contribution in [0.4, 0.5) is 5.69 Å². The lowest BCUT2D eigenvalue weighted by atomic mass is 9.68. The lowest BCUT2D eigenvalue weighted by Gasteiger charge is -2.43. The maximum atomic E-state index is 14.2. The first-order valence-electron chi connectivity index (χ1n) is 17.5. The van der Waals surface area contributed by atoms with Crippen LogP contribution in [0.2, 0.25) is 0 Å². The standard InChI is InChI=1S/C37H39N3O8S2/c1-3-46-25-16-20(10-13-24(25)48-18-26(41)39-14-6-5-7-15-39)27-28-22-17-23(31(28)49-33-32(27)50-37(45)38-33)30-29(22)34(42)40(35(30)43)21-11-8-19(9-12-21)36(44)47-4-2/h8-13,16,22-23,27-31H,3-7,14-15,17-18H2,1-2H3,(H,38,45)/t22-,23-,27-,28?,29?,30?,31?/m1/s1. The molecule has 13 heteroatoms. The van der Waals surface area contributed by atoms with E-state index in [0.717, 1.165) is 54.2 Å². The van der Waals surface area contributed by atoms with Crippen molar-refractivity contribution < 1.29 is 33.4 Å². The Morgan fingerprint density at radius 2 is 1.62 bits per heavy atom. The molecule has 2 bridgehead atoms. The van der Waals surface area contributed by atoms with Crippen molar-refractivity contribution in [2.45, 2.75) is 55.7 Å². The van der Waals surface area contributed by atoms with Crippen LogP contribution >= 0.6 is 23.1 Å². The van der Waals surface area contributed by atoms with Crippen LogP contribution in [0.15, 0.2) is 52.3 Å². The summed E-state index contributed by atoms with van der Waals surface area (Å²) >= 11 is 2.83. The number of ether oxygens (including phenoxy) is 3. The number of nitrogens with one attached hydrogen (secondary N) is 1. The average molecular weight is 718 g/mol. The van der Waals surface area contributed by atoms with Gasteiger partial charge in [-0.05, 0) is 99.2 Å². The zero-order valence-corrected chi connectivity index (χ0v) is 29.6. The predicted molar refractivity (Wildman–Crippen MR) is 187 cm³/mol. The second-order valence-corrected chi connectivity index (χ2v) is 15.8. The van der Waals surface area contributed by atoms with Crippen LogP contribution in [0, 0.1) is 29.6 Å². The van der Waals surface area contributed by atoms with Gasteiger partial charge in [0.2, 0.25) is 11.8 Å². The Balaban J connectivity index is 1.09. The van der Waals surface area contributed by atoms with E-state index in [1.54, 1.807) is 43.0 Å². The van der Waals surface area contributed by atoms with E-state index in [4.69, 9.17) is 14.2 Å². The number of fused-ring (bicyclic) bond motifs is 9. The third-order valence-electron chi connectivity index (χ3n) is 11.0. The molecular formula is C37H39N3O8S2. The van der Waals surface area contributed by atoms with E-state index in [0.29, 0.717) is 29.4 Å². The van der Waals surface area contributed by atoms with E-state index in [2.05, 4.69) is 4.98 Å². The number of carbonyl (C=O) groups excluding carboxylic acids is 4. The summed E-state index contributed by atoms with van der Waals surface area (Å²) in [6.45, 7) is 5.72. The lowest BCUT2D eigenvalue weighted by Crippen LogP contribution is -2.42. The van der Waals surface area contributed by atoms with E-state index >= 15 is 0 Å². The highest BCUT2D eigenvalue weighted by Gasteiger charge is 2.69. The topological polar surface area (TPSA) is 135 Å². The molecule has 2 aromatic carbocycles. The number of anilines is 1. The minimum absolute atomic E-state index is 0.00927. The number of esters is 1. The highest BCUT2D eigenvalue weighted by atomic mass is 32.2. The molecule has 2 saturated carbocycles. The van der Waals surface area contributed by atoms with Crippen LogP contribution in [-0.2, 0) is 19.1 Å². The largest absolute Gasteiger partial charge is 0.490 e. The molecule has 1 aromatic heterocycles. The maximum absolute atomic E-state index is 14.2. The number of rotatable bonds is 9.